The number of aliphatic hydroxyl groups excluding tert-OH is 1. The summed E-state index contributed by atoms with van der Waals surface area (Å²) < 4.78 is 5.63. The molecule has 0 saturated carbocycles. The number of nitrogens with zero attached hydrogens (tertiary/aromatic N) is 1. The quantitative estimate of drug-likeness (QED) is 0.262. The molecule has 32 heavy (non-hydrogen) atoms. The summed E-state index contributed by atoms with van der Waals surface area (Å²) in [5.41, 5.74) is 2.91. The zero-order valence-corrected chi connectivity index (χ0v) is 17.7. The van der Waals surface area contributed by atoms with Gasteiger partial charge in [-0.15, -0.1) is 0 Å². The highest BCUT2D eigenvalue weighted by Crippen LogP contribution is 2.43. The molecule has 1 unspecified atom stereocenters. The van der Waals surface area contributed by atoms with E-state index in [2.05, 4.69) is 0 Å². The fraction of sp³-hybridized carbons (Fsp3) is 0.111. The van der Waals surface area contributed by atoms with E-state index in [0.717, 1.165) is 21.9 Å². The van der Waals surface area contributed by atoms with Gasteiger partial charge in [0.05, 0.1) is 11.8 Å². The van der Waals surface area contributed by atoms with Crippen molar-refractivity contribution in [2.75, 3.05) is 4.90 Å². The van der Waals surface area contributed by atoms with Crippen molar-refractivity contribution in [3.63, 3.8) is 0 Å². The highest BCUT2D eigenvalue weighted by Gasteiger charge is 2.48. The fourth-order valence-electron chi connectivity index (χ4n) is 4.27. The molecule has 5 nitrogen and oxygen atoms in total. The summed E-state index contributed by atoms with van der Waals surface area (Å²) in [6.45, 7) is 3.81. The molecule has 2 heterocycles. The highest BCUT2D eigenvalue weighted by molar-refractivity contribution is 6.51. The van der Waals surface area contributed by atoms with Gasteiger partial charge in [-0.3, -0.25) is 14.5 Å². The first-order chi connectivity index (χ1) is 15.5. The van der Waals surface area contributed by atoms with Gasteiger partial charge in [-0.25, -0.2) is 0 Å². The second kappa shape index (κ2) is 7.54. The van der Waals surface area contributed by atoms with Crippen molar-refractivity contribution in [2.24, 2.45) is 0 Å². The fourth-order valence-corrected chi connectivity index (χ4v) is 4.27. The van der Waals surface area contributed by atoms with Crippen LogP contribution in [0.2, 0.25) is 0 Å². The van der Waals surface area contributed by atoms with Crippen molar-refractivity contribution < 1.29 is 19.1 Å². The molecule has 1 saturated heterocycles. The smallest absolute Gasteiger partial charge is 0.300 e. The molecule has 3 aromatic carbocycles. The van der Waals surface area contributed by atoms with Crippen molar-refractivity contribution in [2.45, 2.75) is 19.9 Å². The maximum Gasteiger partial charge on any atom is 0.300 e. The summed E-state index contributed by atoms with van der Waals surface area (Å²) >= 11 is 0. The normalized spacial score (nSPS) is 17.9. The molecule has 1 amide bonds. The summed E-state index contributed by atoms with van der Waals surface area (Å²) in [7, 11) is 0. The Morgan fingerprint density at radius 2 is 1.69 bits per heavy atom. The van der Waals surface area contributed by atoms with E-state index in [-0.39, 0.29) is 11.3 Å². The van der Waals surface area contributed by atoms with Crippen LogP contribution in [0.25, 0.3) is 16.5 Å². The Kier molecular flexibility index (Phi) is 4.67. The van der Waals surface area contributed by atoms with E-state index >= 15 is 0 Å². The monoisotopic (exact) mass is 423 g/mol. The molecular formula is C27H21NO4. The van der Waals surface area contributed by atoms with Crippen LogP contribution in [0.5, 0.6) is 0 Å². The minimum Gasteiger partial charge on any atom is -0.507 e. The number of aryl methyl sites for hydroxylation is 2. The Balaban J connectivity index is 1.73. The molecule has 1 N–H and O–H groups in total. The number of amides is 1. The number of anilines is 1. The molecule has 1 aliphatic rings. The topological polar surface area (TPSA) is 70.8 Å². The lowest BCUT2D eigenvalue weighted by atomic mass is 9.97. The second-order valence-corrected chi connectivity index (χ2v) is 8.04. The number of hydrogen-bond donors (Lipinski definition) is 1. The number of ketones is 1. The molecule has 5 rings (SSSR count). The molecule has 0 aliphatic carbocycles. The number of benzene rings is 3. The molecule has 1 aromatic heterocycles. The number of carbonyl (C=O) groups excluding carboxylic acids is 2. The predicted octanol–water partition coefficient (Wildman–Crippen LogP) is 5.68. The zero-order chi connectivity index (χ0) is 22.4. The third-order valence-corrected chi connectivity index (χ3v) is 5.90. The lowest BCUT2D eigenvalue weighted by Gasteiger charge is -2.25. The number of hydrogen-bond acceptors (Lipinski definition) is 4. The maximum absolute atomic E-state index is 13.2. The minimum atomic E-state index is -0.864. The molecular weight excluding hydrogens is 402 g/mol. The summed E-state index contributed by atoms with van der Waals surface area (Å²) in [6, 6.07) is 21.5. The number of aliphatic hydroxyl groups is 1. The summed E-state index contributed by atoms with van der Waals surface area (Å²) in [5, 5.41) is 13.2. The van der Waals surface area contributed by atoms with Gasteiger partial charge in [0.25, 0.3) is 11.7 Å². The Morgan fingerprint density at radius 1 is 0.906 bits per heavy atom. The van der Waals surface area contributed by atoms with Gasteiger partial charge >= 0.3 is 0 Å². The second-order valence-electron chi connectivity index (χ2n) is 8.04. The van der Waals surface area contributed by atoms with Crippen LogP contribution in [0.1, 0.15) is 28.5 Å². The molecule has 0 bridgehead atoms. The van der Waals surface area contributed by atoms with Crippen LogP contribution < -0.4 is 4.90 Å². The van der Waals surface area contributed by atoms with Gasteiger partial charge in [-0.2, -0.15) is 0 Å². The number of carbonyl (C=O) groups is 2. The van der Waals surface area contributed by atoms with Gasteiger partial charge < -0.3 is 9.52 Å². The van der Waals surface area contributed by atoms with Crippen LogP contribution in [-0.2, 0) is 9.59 Å². The largest absolute Gasteiger partial charge is 0.507 e. The van der Waals surface area contributed by atoms with E-state index < -0.39 is 17.7 Å². The molecule has 0 radical (unpaired) electrons. The number of fused-ring (bicyclic) bond motifs is 1. The first kappa shape index (κ1) is 19.8. The van der Waals surface area contributed by atoms with Gasteiger partial charge in [-0.1, -0.05) is 48.5 Å². The van der Waals surface area contributed by atoms with Crippen LogP contribution in [0.3, 0.4) is 0 Å². The van der Waals surface area contributed by atoms with Crippen LogP contribution >= 0.6 is 0 Å². The Hall–Kier alpha value is -4.12. The first-order valence-electron chi connectivity index (χ1n) is 10.4. The van der Waals surface area contributed by atoms with Gasteiger partial charge in [0, 0.05) is 11.3 Å². The van der Waals surface area contributed by atoms with E-state index in [0.29, 0.717) is 17.0 Å². The van der Waals surface area contributed by atoms with E-state index in [1.165, 1.54) is 11.2 Å². The van der Waals surface area contributed by atoms with Gasteiger partial charge in [0.15, 0.2) is 0 Å². The summed E-state index contributed by atoms with van der Waals surface area (Å²) in [5.74, 6) is -1.24. The van der Waals surface area contributed by atoms with Crippen LogP contribution in [-0.4, -0.2) is 16.8 Å². The van der Waals surface area contributed by atoms with Gasteiger partial charge in [0.2, 0.25) is 0 Å². The molecule has 0 spiro atoms. The molecule has 5 heteroatoms. The molecule has 1 atom stereocenters. The third-order valence-electron chi connectivity index (χ3n) is 5.90. The summed E-state index contributed by atoms with van der Waals surface area (Å²) in [4.78, 5) is 27.9. The molecule has 1 aliphatic heterocycles. The van der Waals surface area contributed by atoms with Crippen LogP contribution in [0.4, 0.5) is 5.69 Å². The van der Waals surface area contributed by atoms with E-state index in [1.807, 2.05) is 68.4 Å². The Bertz CT molecular complexity index is 1400. The highest BCUT2D eigenvalue weighted by atomic mass is 16.3. The summed E-state index contributed by atoms with van der Waals surface area (Å²) in [6.07, 6.45) is 1.49. The third kappa shape index (κ3) is 3.10. The van der Waals surface area contributed by atoms with Gasteiger partial charge in [0.1, 0.15) is 17.6 Å². The van der Waals surface area contributed by atoms with Crippen LogP contribution in [0.15, 0.2) is 89.0 Å². The number of Topliss-reactive ketones (excluding diaryl/α,β-unsaturated/α-hetero) is 1. The lowest BCUT2D eigenvalue weighted by Crippen LogP contribution is -2.30. The van der Waals surface area contributed by atoms with E-state index in [9.17, 15) is 14.7 Å². The lowest BCUT2D eigenvalue weighted by molar-refractivity contribution is -0.132. The SMILES string of the molecule is Cc1ccc(C)c(N2C(=O)C(=O)/C(=C(\O)c3ccc4ccccc4c3)C2c2ccco2)c1. The minimum absolute atomic E-state index is 0.0149. The Morgan fingerprint density at radius 3 is 2.44 bits per heavy atom. The van der Waals surface area contributed by atoms with E-state index in [4.69, 9.17) is 4.42 Å². The average Bonchev–Trinajstić information content (AvgIpc) is 3.42. The Labute approximate surface area is 185 Å². The first-order valence-corrected chi connectivity index (χ1v) is 10.4. The molecule has 4 aromatic rings. The van der Waals surface area contributed by atoms with Crippen molar-refractivity contribution in [3.8, 4) is 0 Å². The molecule has 158 valence electrons. The number of furan rings is 1. The standard InChI is InChI=1S/C27H21NO4/c1-16-9-10-17(2)21(14-16)28-24(22-8-5-13-32-22)23(26(30)27(28)31)25(29)20-12-11-18-6-3-4-7-19(18)15-20/h3-15,24,29H,1-2H3/b25-23-. The van der Waals surface area contributed by atoms with Crippen molar-refractivity contribution in [1.82, 2.24) is 0 Å². The predicted molar refractivity (Wildman–Crippen MR) is 123 cm³/mol. The van der Waals surface area contributed by atoms with E-state index in [1.54, 1.807) is 18.2 Å². The molecule has 1 fully saturated rings. The number of rotatable bonds is 3. The van der Waals surface area contributed by atoms with Crippen molar-refractivity contribution >= 4 is 33.9 Å². The van der Waals surface area contributed by atoms with Crippen molar-refractivity contribution in [3.05, 3.63) is 107 Å². The average molecular weight is 423 g/mol. The zero-order valence-electron chi connectivity index (χ0n) is 17.7. The van der Waals surface area contributed by atoms with Gasteiger partial charge in [-0.05, 0) is 60.0 Å². The van der Waals surface area contributed by atoms with Crippen LogP contribution in [0, 0.1) is 13.8 Å². The van der Waals surface area contributed by atoms with Crippen molar-refractivity contribution in [1.29, 1.82) is 0 Å². The maximum atomic E-state index is 13.2.